The lowest BCUT2D eigenvalue weighted by atomic mass is 9.88. The largest absolute Gasteiger partial charge is 0.436 e. The third kappa shape index (κ3) is 1.72. The van der Waals surface area contributed by atoms with Gasteiger partial charge in [-0.2, -0.15) is 0 Å². The van der Waals surface area contributed by atoms with E-state index in [4.69, 9.17) is 4.42 Å². The van der Waals surface area contributed by atoms with E-state index in [0.717, 1.165) is 0 Å². The molecule has 0 radical (unpaired) electrons. The predicted molar refractivity (Wildman–Crippen MR) is 54.8 cm³/mol. The van der Waals surface area contributed by atoms with Crippen molar-refractivity contribution < 1.29 is 12.8 Å². The average Bonchev–Trinajstić information content (AvgIpc) is 2.57. The van der Waals surface area contributed by atoms with Gasteiger partial charge in [-0.3, -0.25) is 0 Å². The van der Waals surface area contributed by atoms with Crippen LogP contribution < -0.4 is 0 Å². The molecule has 0 saturated carbocycles. The zero-order valence-electron chi connectivity index (χ0n) is 7.66. The minimum absolute atomic E-state index is 0.154. The molecule has 1 fully saturated rings. The van der Waals surface area contributed by atoms with Crippen molar-refractivity contribution in [2.24, 2.45) is 0 Å². The highest BCUT2D eigenvalue weighted by Crippen LogP contribution is 2.36. The van der Waals surface area contributed by atoms with E-state index in [2.05, 4.69) is 20.9 Å². The van der Waals surface area contributed by atoms with Gasteiger partial charge in [0, 0.05) is 21.3 Å². The summed E-state index contributed by atoms with van der Waals surface area (Å²) < 4.78 is 28.0. The summed E-state index contributed by atoms with van der Waals surface area (Å²) in [6, 6.07) is 0. The van der Waals surface area contributed by atoms with Gasteiger partial charge >= 0.3 is 0 Å². The first-order chi connectivity index (χ1) is 6.41. The maximum atomic E-state index is 11.4. The molecule has 0 amide bonds. The lowest BCUT2D eigenvalue weighted by molar-refractivity contribution is 0.378. The standard InChI is InChI=1S/C8H10BrNO3S/c1-8(2-3-14(11,12)5-8)6-4-10-7(9)13-6/h4H,2-3,5H2,1H3. The van der Waals surface area contributed by atoms with Crippen LogP contribution in [-0.2, 0) is 15.3 Å². The van der Waals surface area contributed by atoms with Gasteiger partial charge in [0.25, 0.3) is 4.80 Å². The quantitative estimate of drug-likeness (QED) is 0.782. The molecule has 0 aromatic carbocycles. The van der Waals surface area contributed by atoms with Crippen molar-refractivity contribution >= 4 is 25.8 Å². The summed E-state index contributed by atoms with van der Waals surface area (Å²) in [5.41, 5.74) is -0.405. The Kier molecular flexibility index (Phi) is 2.23. The number of sulfone groups is 1. The number of oxazole rings is 1. The molecular formula is C8H10BrNO3S. The van der Waals surface area contributed by atoms with Gasteiger partial charge in [0.2, 0.25) is 0 Å². The molecule has 2 heterocycles. The van der Waals surface area contributed by atoms with E-state index >= 15 is 0 Å². The molecule has 1 saturated heterocycles. The van der Waals surface area contributed by atoms with Crippen molar-refractivity contribution in [3.63, 3.8) is 0 Å². The van der Waals surface area contributed by atoms with Gasteiger partial charge < -0.3 is 4.42 Å². The Morgan fingerprint density at radius 1 is 1.64 bits per heavy atom. The van der Waals surface area contributed by atoms with Gasteiger partial charge in [0.1, 0.15) is 5.76 Å². The van der Waals surface area contributed by atoms with Crippen LogP contribution in [0.15, 0.2) is 15.4 Å². The molecule has 78 valence electrons. The molecule has 1 unspecified atom stereocenters. The summed E-state index contributed by atoms with van der Waals surface area (Å²) in [7, 11) is -2.90. The Balaban J connectivity index is 2.36. The molecule has 1 aliphatic rings. The van der Waals surface area contributed by atoms with Crippen molar-refractivity contribution in [3.05, 3.63) is 16.8 Å². The van der Waals surface area contributed by atoms with Gasteiger partial charge in [-0.1, -0.05) is 6.92 Å². The van der Waals surface area contributed by atoms with Gasteiger partial charge in [-0.05, 0) is 6.42 Å². The third-order valence-electron chi connectivity index (χ3n) is 2.58. The molecule has 0 bridgehead atoms. The van der Waals surface area contributed by atoms with E-state index in [1.54, 1.807) is 6.20 Å². The molecular weight excluding hydrogens is 270 g/mol. The van der Waals surface area contributed by atoms with Gasteiger partial charge in [-0.25, -0.2) is 13.4 Å². The van der Waals surface area contributed by atoms with E-state index in [1.807, 2.05) is 6.92 Å². The molecule has 2 rings (SSSR count). The first-order valence-corrected chi connectivity index (χ1v) is 6.85. The predicted octanol–water partition coefficient (Wildman–Crippen LogP) is 1.51. The van der Waals surface area contributed by atoms with E-state index in [-0.39, 0.29) is 11.5 Å². The summed E-state index contributed by atoms with van der Waals surface area (Å²) in [6.45, 7) is 1.89. The first-order valence-electron chi connectivity index (χ1n) is 4.24. The van der Waals surface area contributed by atoms with Crippen molar-refractivity contribution in [3.8, 4) is 0 Å². The Labute approximate surface area is 90.8 Å². The summed E-state index contributed by atoms with van der Waals surface area (Å²) in [5.74, 6) is 1.04. The Bertz CT molecular complexity index is 453. The number of hydrogen-bond acceptors (Lipinski definition) is 4. The maximum Gasteiger partial charge on any atom is 0.264 e. The fraction of sp³-hybridized carbons (Fsp3) is 0.625. The van der Waals surface area contributed by atoms with Crippen molar-refractivity contribution in [2.45, 2.75) is 18.8 Å². The fourth-order valence-corrected chi connectivity index (χ4v) is 4.18. The number of rotatable bonds is 1. The SMILES string of the molecule is CC1(c2cnc(Br)o2)CCS(=O)(=O)C1. The summed E-state index contributed by atoms with van der Waals surface area (Å²) >= 11 is 3.10. The van der Waals surface area contributed by atoms with Crippen LogP contribution in [0.5, 0.6) is 0 Å². The lowest BCUT2D eigenvalue weighted by Gasteiger charge is -2.17. The number of halogens is 1. The highest BCUT2D eigenvalue weighted by molar-refractivity contribution is 9.10. The number of aromatic nitrogens is 1. The van der Waals surface area contributed by atoms with E-state index < -0.39 is 15.3 Å². The molecule has 1 atom stereocenters. The molecule has 0 spiro atoms. The molecule has 1 aromatic heterocycles. The molecule has 4 nitrogen and oxygen atoms in total. The highest BCUT2D eigenvalue weighted by atomic mass is 79.9. The van der Waals surface area contributed by atoms with E-state index in [1.165, 1.54) is 0 Å². The molecule has 0 N–H and O–H groups in total. The molecule has 0 aliphatic carbocycles. The van der Waals surface area contributed by atoms with E-state index in [9.17, 15) is 8.42 Å². The number of hydrogen-bond donors (Lipinski definition) is 0. The van der Waals surface area contributed by atoms with Crippen molar-refractivity contribution in [1.82, 2.24) is 4.98 Å². The van der Waals surface area contributed by atoms with Crippen LogP contribution in [0.4, 0.5) is 0 Å². The second-order valence-corrected chi connectivity index (χ2v) is 6.74. The van der Waals surface area contributed by atoms with Gasteiger partial charge in [0.15, 0.2) is 9.84 Å². The van der Waals surface area contributed by atoms with Crippen LogP contribution in [0.25, 0.3) is 0 Å². The topological polar surface area (TPSA) is 60.2 Å². The highest BCUT2D eigenvalue weighted by Gasteiger charge is 2.42. The first kappa shape index (κ1) is 10.2. The summed E-state index contributed by atoms with van der Waals surface area (Å²) in [6.07, 6.45) is 2.20. The third-order valence-corrected chi connectivity index (χ3v) is 4.85. The Morgan fingerprint density at radius 2 is 2.36 bits per heavy atom. The van der Waals surface area contributed by atoms with Crippen LogP contribution in [0, 0.1) is 0 Å². The van der Waals surface area contributed by atoms with Crippen LogP contribution >= 0.6 is 15.9 Å². The van der Waals surface area contributed by atoms with Gasteiger partial charge in [-0.15, -0.1) is 0 Å². The monoisotopic (exact) mass is 279 g/mol. The number of nitrogens with zero attached hydrogens (tertiary/aromatic N) is 1. The lowest BCUT2D eigenvalue weighted by Crippen LogP contribution is -2.22. The smallest absolute Gasteiger partial charge is 0.264 e. The van der Waals surface area contributed by atoms with E-state index in [0.29, 0.717) is 17.0 Å². The van der Waals surface area contributed by atoms with Crippen LogP contribution in [0.1, 0.15) is 19.1 Å². The fourth-order valence-electron chi connectivity index (χ4n) is 1.74. The zero-order chi connectivity index (χ0) is 10.4. The molecule has 1 aromatic rings. The van der Waals surface area contributed by atoms with Crippen LogP contribution in [0.2, 0.25) is 0 Å². The average molecular weight is 280 g/mol. The summed E-state index contributed by atoms with van der Waals surface area (Å²) in [4.78, 5) is 4.31. The van der Waals surface area contributed by atoms with Crippen LogP contribution in [-0.4, -0.2) is 24.9 Å². The minimum Gasteiger partial charge on any atom is -0.436 e. The van der Waals surface area contributed by atoms with Crippen molar-refractivity contribution in [2.75, 3.05) is 11.5 Å². The molecule has 6 heteroatoms. The second-order valence-electron chi connectivity index (χ2n) is 3.88. The Hall–Kier alpha value is -0.360. The zero-order valence-corrected chi connectivity index (χ0v) is 10.1. The van der Waals surface area contributed by atoms with Crippen LogP contribution in [0.3, 0.4) is 0 Å². The maximum absolute atomic E-state index is 11.4. The van der Waals surface area contributed by atoms with Crippen molar-refractivity contribution in [1.29, 1.82) is 0 Å². The molecule has 14 heavy (non-hydrogen) atoms. The summed E-state index contributed by atoms with van der Waals surface area (Å²) in [5, 5.41) is 0. The Morgan fingerprint density at radius 3 is 2.79 bits per heavy atom. The normalized spacial score (nSPS) is 30.7. The second kappa shape index (κ2) is 3.06. The van der Waals surface area contributed by atoms with Gasteiger partial charge in [0.05, 0.1) is 17.7 Å². The molecule has 1 aliphatic heterocycles. The minimum atomic E-state index is -2.90.